The van der Waals surface area contributed by atoms with Crippen molar-refractivity contribution in [3.63, 3.8) is 0 Å². The average molecular weight is 261 g/mol. The van der Waals surface area contributed by atoms with Crippen LogP contribution in [0, 0.1) is 5.92 Å². The highest BCUT2D eigenvalue weighted by Crippen LogP contribution is 2.27. The molecule has 1 fully saturated rings. The van der Waals surface area contributed by atoms with Crippen LogP contribution in [0.1, 0.15) is 32.1 Å². The molecule has 0 N–H and O–H groups in total. The van der Waals surface area contributed by atoms with Crippen molar-refractivity contribution < 1.29 is 9.53 Å². The molecule has 1 aliphatic carbocycles. The zero-order valence-corrected chi connectivity index (χ0v) is 11.7. The Balaban J connectivity index is 1.65. The molecule has 0 radical (unpaired) electrons. The first-order chi connectivity index (χ1) is 9.25. The number of hydrogen-bond donors (Lipinski definition) is 0. The van der Waals surface area contributed by atoms with Crippen LogP contribution in [0.3, 0.4) is 0 Å². The molecule has 1 aromatic carbocycles. The Morgan fingerprint density at radius 2 is 1.95 bits per heavy atom. The summed E-state index contributed by atoms with van der Waals surface area (Å²) in [6.07, 6.45) is 5.74. The molecule has 1 aliphatic rings. The van der Waals surface area contributed by atoms with Crippen molar-refractivity contribution in [2.45, 2.75) is 32.1 Å². The largest absolute Gasteiger partial charge is 0.492 e. The van der Waals surface area contributed by atoms with Crippen LogP contribution in [-0.2, 0) is 4.79 Å². The minimum Gasteiger partial charge on any atom is -0.492 e. The van der Waals surface area contributed by atoms with Crippen LogP contribution in [0.15, 0.2) is 30.3 Å². The highest BCUT2D eigenvalue weighted by molar-refractivity contribution is 5.76. The smallest absolute Gasteiger partial charge is 0.222 e. The molecule has 0 bridgehead atoms. The maximum Gasteiger partial charge on any atom is 0.222 e. The molecule has 3 nitrogen and oxygen atoms in total. The van der Waals surface area contributed by atoms with Crippen LogP contribution in [-0.4, -0.2) is 31.0 Å². The molecule has 104 valence electrons. The van der Waals surface area contributed by atoms with E-state index in [0.717, 1.165) is 5.75 Å². The van der Waals surface area contributed by atoms with Crippen LogP contribution < -0.4 is 4.74 Å². The molecule has 3 heteroatoms. The van der Waals surface area contributed by atoms with E-state index in [1.807, 2.05) is 37.4 Å². The van der Waals surface area contributed by atoms with Crippen molar-refractivity contribution in [1.82, 2.24) is 4.90 Å². The Bertz CT molecular complexity index is 385. The van der Waals surface area contributed by atoms with E-state index in [9.17, 15) is 4.79 Å². The molecule has 0 spiro atoms. The van der Waals surface area contributed by atoms with E-state index in [1.165, 1.54) is 25.7 Å². The topological polar surface area (TPSA) is 29.5 Å². The van der Waals surface area contributed by atoms with E-state index in [2.05, 4.69) is 0 Å². The van der Waals surface area contributed by atoms with Crippen molar-refractivity contribution in [3.05, 3.63) is 30.3 Å². The summed E-state index contributed by atoms with van der Waals surface area (Å²) in [4.78, 5) is 13.8. The van der Waals surface area contributed by atoms with Gasteiger partial charge in [0.25, 0.3) is 0 Å². The number of benzene rings is 1. The number of ether oxygens (including phenoxy) is 1. The molecular formula is C16H23NO2. The van der Waals surface area contributed by atoms with Gasteiger partial charge in [-0.3, -0.25) is 4.79 Å². The normalized spacial score (nSPS) is 15.4. The van der Waals surface area contributed by atoms with E-state index in [0.29, 0.717) is 25.5 Å². The van der Waals surface area contributed by atoms with E-state index >= 15 is 0 Å². The summed E-state index contributed by atoms with van der Waals surface area (Å²) in [5, 5.41) is 0. The zero-order valence-electron chi connectivity index (χ0n) is 11.7. The van der Waals surface area contributed by atoms with Gasteiger partial charge >= 0.3 is 0 Å². The number of rotatable bonds is 6. The van der Waals surface area contributed by atoms with Crippen molar-refractivity contribution in [1.29, 1.82) is 0 Å². The number of para-hydroxylation sites is 1. The van der Waals surface area contributed by atoms with Crippen molar-refractivity contribution in [2.24, 2.45) is 5.92 Å². The van der Waals surface area contributed by atoms with Gasteiger partial charge in [-0.15, -0.1) is 0 Å². The third kappa shape index (κ3) is 4.58. The van der Waals surface area contributed by atoms with Crippen molar-refractivity contribution >= 4 is 5.91 Å². The lowest BCUT2D eigenvalue weighted by molar-refractivity contribution is -0.131. The fourth-order valence-corrected chi connectivity index (χ4v) is 2.56. The second kappa shape index (κ2) is 7.17. The fourth-order valence-electron chi connectivity index (χ4n) is 2.56. The fraction of sp³-hybridized carbons (Fsp3) is 0.562. The van der Waals surface area contributed by atoms with Crippen LogP contribution in [0.5, 0.6) is 5.75 Å². The highest BCUT2D eigenvalue weighted by Gasteiger charge is 2.20. The number of amides is 1. The van der Waals surface area contributed by atoms with E-state index in [4.69, 9.17) is 4.74 Å². The molecule has 1 amide bonds. The van der Waals surface area contributed by atoms with Gasteiger partial charge in [0, 0.05) is 13.5 Å². The first-order valence-electron chi connectivity index (χ1n) is 7.17. The second-order valence-corrected chi connectivity index (χ2v) is 5.33. The van der Waals surface area contributed by atoms with Gasteiger partial charge in [-0.1, -0.05) is 31.0 Å². The summed E-state index contributed by atoms with van der Waals surface area (Å²) < 4.78 is 5.60. The minimum atomic E-state index is 0.253. The monoisotopic (exact) mass is 261 g/mol. The number of carbonyl (C=O) groups excluding carboxylic acids is 1. The average Bonchev–Trinajstić information content (AvgIpc) is 2.92. The third-order valence-corrected chi connectivity index (χ3v) is 3.80. The first-order valence-corrected chi connectivity index (χ1v) is 7.17. The lowest BCUT2D eigenvalue weighted by Gasteiger charge is -2.19. The van der Waals surface area contributed by atoms with Gasteiger partial charge in [-0.05, 0) is 30.9 Å². The molecule has 2 rings (SSSR count). The Labute approximate surface area is 115 Å². The third-order valence-electron chi connectivity index (χ3n) is 3.80. The van der Waals surface area contributed by atoms with Gasteiger partial charge in [0.1, 0.15) is 12.4 Å². The highest BCUT2D eigenvalue weighted by atomic mass is 16.5. The molecule has 1 saturated carbocycles. The molecule has 0 aliphatic heterocycles. The summed E-state index contributed by atoms with van der Waals surface area (Å²) >= 11 is 0. The number of carbonyl (C=O) groups is 1. The van der Waals surface area contributed by atoms with Crippen LogP contribution >= 0.6 is 0 Å². The molecule has 0 saturated heterocycles. The van der Waals surface area contributed by atoms with Gasteiger partial charge in [-0.2, -0.15) is 0 Å². The van der Waals surface area contributed by atoms with E-state index in [-0.39, 0.29) is 5.91 Å². The lowest BCUT2D eigenvalue weighted by Crippen LogP contribution is -2.31. The summed E-state index contributed by atoms with van der Waals surface area (Å²) in [5.41, 5.74) is 0. The van der Waals surface area contributed by atoms with Gasteiger partial charge in [-0.25, -0.2) is 0 Å². The zero-order chi connectivity index (χ0) is 13.5. The van der Waals surface area contributed by atoms with E-state index in [1.54, 1.807) is 4.90 Å². The van der Waals surface area contributed by atoms with E-state index < -0.39 is 0 Å². The molecule has 0 atom stereocenters. The number of hydrogen-bond acceptors (Lipinski definition) is 2. The summed E-state index contributed by atoms with van der Waals surface area (Å²) in [6.45, 7) is 1.21. The van der Waals surface area contributed by atoms with Crippen molar-refractivity contribution in [3.8, 4) is 5.75 Å². The van der Waals surface area contributed by atoms with Gasteiger partial charge in [0.15, 0.2) is 0 Å². The maximum atomic E-state index is 12.0. The van der Waals surface area contributed by atoms with Gasteiger partial charge in [0.05, 0.1) is 6.54 Å². The van der Waals surface area contributed by atoms with Crippen LogP contribution in [0.25, 0.3) is 0 Å². The number of likely N-dealkylation sites (N-methyl/N-ethyl adjacent to an activating group) is 1. The first kappa shape index (κ1) is 13.9. The number of nitrogens with zero attached hydrogens (tertiary/aromatic N) is 1. The van der Waals surface area contributed by atoms with Crippen LogP contribution in [0.4, 0.5) is 0 Å². The molecule has 0 unspecified atom stereocenters. The summed E-state index contributed by atoms with van der Waals surface area (Å²) in [6, 6.07) is 9.72. The lowest BCUT2D eigenvalue weighted by atomic mass is 10.0. The standard InChI is InChI=1S/C16H23NO2/c1-17(16(18)13-14-7-5-6-8-14)11-12-19-15-9-3-2-4-10-15/h2-4,9-10,14H,5-8,11-13H2,1H3. The van der Waals surface area contributed by atoms with Crippen LogP contribution in [0.2, 0.25) is 0 Å². The Kier molecular flexibility index (Phi) is 5.25. The maximum absolute atomic E-state index is 12.0. The Morgan fingerprint density at radius 1 is 1.26 bits per heavy atom. The Hall–Kier alpha value is -1.51. The molecule has 0 heterocycles. The predicted octanol–water partition coefficient (Wildman–Crippen LogP) is 3.10. The SMILES string of the molecule is CN(CCOc1ccccc1)C(=O)CC1CCCC1. The Morgan fingerprint density at radius 3 is 2.63 bits per heavy atom. The predicted molar refractivity (Wildman–Crippen MR) is 76.1 cm³/mol. The molecular weight excluding hydrogens is 238 g/mol. The van der Waals surface area contributed by atoms with Gasteiger partial charge in [0.2, 0.25) is 5.91 Å². The molecule has 1 aromatic rings. The quantitative estimate of drug-likeness (QED) is 0.787. The van der Waals surface area contributed by atoms with Crippen molar-refractivity contribution in [2.75, 3.05) is 20.2 Å². The summed E-state index contributed by atoms with van der Waals surface area (Å²) in [7, 11) is 1.87. The minimum absolute atomic E-state index is 0.253. The summed E-state index contributed by atoms with van der Waals surface area (Å²) in [5.74, 6) is 1.73. The second-order valence-electron chi connectivity index (χ2n) is 5.33. The molecule has 19 heavy (non-hydrogen) atoms. The van der Waals surface area contributed by atoms with Gasteiger partial charge < -0.3 is 9.64 Å². The molecule has 0 aromatic heterocycles.